The van der Waals surface area contributed by atoms with Gasteiger partial charge in [-0.05, 0) is 29.9 Å². The van der Waals surface area contributed by atoms with Gasteiger partial charge in [-0.2, -0.15) is 0 Å². The van der Waals surface area contributed by atoms with Crippen molar-refractivity contribution in [2.75, 3.05) is 46.7 Å². The van der Waals surface area contributed by atoms with Crippen molar-refractivity contribution in [2.24, 2.45) is 0 Å². The van der Waals surface area contributed by atoms with Gasteiger partial charge in [-0.1, -0.05) is 6.07 Å². The number of hydrogen-bond acceptors (Lipinski definition) is 5. The Morgan fingerprint density at radius 1 is 1.29 bits per heavy atom. The van der Waals surface area contributed by atoms with E-state index in [0.717, 1.165) is 17.1 Å². The highest BCUT2D eigenvalue weighted by Gasteiger charge is 2.19. The maximum Gasteiger partial charge on any atom is 0.242 e. The van der Waals surface area contributed by atoms with E-state index in [0.29, 0.717) is 38.0 Å². The Morgan fingerprint density at radius 2 is 2.04 bits per heavy atom. The average Bonchev–Trinajstić information content (AvgIpc) is 3.08. The van der Waals surface area contributed by atoms with Crippen molar-refractivity contribution in [3.63, 3.8) is 0 Å². The Bertz CT molecular complexity index is 619. The molecule has 1 fully saturated rings. The third-order valence-corrected chi connectivity index (χ3v) is 4.42. The van der Waals surface area contributed by atoms with E-state index in [1.807, 2.05) is 25.2 Å². The molecule has 0 bridgehead atoms. The van der Waals surface area contributed by atoms with Crippen molar-refractivity contribution in [1.29, 1.82) is 0 Å². The summed E-state index contributed by atoms with van der Waals surface area (Å²) in [6, 6.07) is 5.77. The normalized spacial score (nSPS) is 16.0. The molecule has 2 aliphatic heterocycles. The second-order valence-electron chi connectivity index (χ2n) is 5.70. The molecule has 0 radical (unpaired) electrons. The fourth-order valence-corrected chi connectivity index (χ4v) is 2.69. The minimum absolute atomic E-state index is 0.0630. The van der Waals surface area contributed by atoms with E-state index in [4.69, 9.17) is 26.4 Å². The summed E-state index contributed by atoms with van der Waals surface area (Å²) in [5, 5.41) is 3.70. The number of nitrogens with zero attached hydrogens (tertiary/aromatic N) is 2. The molecule has 0 atom stereocenters. The number of morpholine rings is 1. The number of fused-ring (bicyclic) bond motifs is 1. The van der Waals surface area contributed by atoms with Gasteiger partial charge in [0.25, 0.3) is 0 Å². The molecular formula is C16H21N3O4S. The zero-order valence-corrected chi connectivity index (χ0v) is 14.4. The molecular weight excluding hydrogens is 330 g/mol. The molecule has 1 amide bonds. The molecule has 0 aliphatic carbocycles. The van der Waals surface area contributed by atoms with Crippen LogP contribution in [0.5, 0.6) is 11.5 Å². The van der Waals surface area contributed by atoms with Crippen LogP contribution >= 0.6 is 12.2 Å². The van der Waals surface area contributed by atoms with Crippen molar-refractivity contribution >= 4 is 23.2 Å². The van der Waals surface area contributed by atoms with Gasteiger partial charge in [0.15, 0.2) is 16.6 Å². The summed E-state index contributed by atoms with van der Waals surface area (Å²) in [5.41, 5.74) is 1.04. The van der Waals surface area contributed by atoms with Gasteiger partial charge in [0.1, 0.15) is 0 Å². The van der Waals surface area contributed by atoms with E-state index in [2.05, 4.69) is 5.32 Å². The fourth-order valence-electron chi connectivity index (χ4n) is 2.55. The number of hydrogen-bond donors (Lipinski definition) is 1. The molecule has 2 heterocycles. The van der Waals surface area contributed by atoms with Crippen molar-refractivity contribution in [2.45, 2.75) is 6.54 Å². The lowest BCUT2D eigenvalue weighted by atomic mass is 10.2. The monoisotopic (exact) mass is 351 g/mol. The standard InChI is InChI=1S/C16H21N3O4S/c1-18(10-15(20)19-4-6-21-7-5-19)16(24)17-9-12-2-3-13-14(8-12)23-11-22-13/h2-3,8H,4-7,9-11H2,1H3,(H,17,24). The van der Waals surface area contributed by atoms with Crippen molar-refractivity contribution in [3.8, 4) is 11.5 Å². The Labute approximate surface area is 146 Å². The molecule has 0 aromatic heterocycles. The third kappa shape index (κ3) is 4.07. The number of nitrogens with one attached hydrogen (secondary N) is 1. The molecule has 2 aliphatic rings. The molecule has 130 valence electrons. The third-order valence-electron chi connectivity index (χ3n) is 3.96. The number of thiocarbonyl (C=S) groups is 1. The lowest BCUT2D eigenvalue weighted by molar-refractivity contribution is -0.135. The molecule has 8 heteroatoms. The van der Waals surface area contributed by atoms with Crippen LogP contribution in [-0.2, 0) is 16.1 Å². The van der Waals surface area contributed by atoms with Crippen molar-refractivity contribution in [3.05, 3.63) is 23.8 Å². The Balaban J connectivity index is 1.46. The lowest BCUT2D eigenvalue weighted by Gasteiger charge is -2.29. The van der Waals surface area contributed by atoms with E-state index in [9.17, 15) is 4.79 Å². The Morgan fingerprint density at radius 3 is 2.83 bits per heavy atom. The Kier molecular flexibility index (Phi) is 5.37. The van der Waals surface area contributed by atoms with E-state index < -0.39 is 0 Å². The zero-order chi connectivity index (χ0) is 16.9. The first-order valence-corrected chi connectivity index (χ1v) is 8.27. The van der Waals surface area contributed by atoms with E-state index in [-0.39, 0.29) is 19.2 Å². The van der Waals surface area contributed by atoms with Gasteiger partial charge in [0.05, 0.1) is 19.8 Å². The second-order valence-corrected chi connectivity index (χ2v) is 6.08. The van der Waals surface area contributed by atoms with Crippen LogP contribution in [0.2, 0.25) is 0 Å². The number of ether oxygens (including phenoxy) is 3. The number of carbonyl (C=O) groups excluding carboxylic acids is 1. The first-order chi connectivity index (χ1) is 11.6. The summed E-state index contributed by atoms with van der Waals surface area (Å²) in [6.07, 6.45) is 0. The number of rotatable bonds is 4. The summed E-state index contributed by atoms with van der Waals surface area (Å²) in [4.78, 5) is 15.8. The molecule has 7 nitrogen and oxygen atoms in total. The van der Waals surface area contributed by atoms with Crippen LogP contribution in [0.4, 0.5) is 0 Å². The van der Waals surface area contributed by atoms with Crippen LogP contribution in [0.3, 0.4) is 0 Å². The van der Waals surface area contributed by atoms with Gasteiger partial charge < -0.3 is 29.3 Å². The van der Waals surface area contributed by atoms with Crippen molar-refractivity contribution < 1.29 is 19.0 Å². The van der Waals surface area contributed by atoms with Gasteiger partial charge in [-0.25, -0.2) is 0 Å². The highest BCUT2D eigenvalue weighted by Crippen LogP contribution is 2.32. The number of amides is 1. The molecule has 0 unspecified atom stereocenters. The van der Waals surface area contributed by atoms with Crippen LogP contribution in [0.25, 0.3) is 0 Å². The van der Waals surface area contributed by atoms with Crippen LogP contribution in [0.15, 0.2) is 18.2 Å². The van der Waals surface area contributed by atoms with E-state index in [1.54, 1.807) is 9.80 Å². The smallest absolute Gasteiger partial charge is 0.242 e. The van der Waals surface area contributed by atoms with Gasteiger partial charge in [-0.3, -0.25) is 4.79 Å². The number of benzene rings is 1. The molecule has 1 aromatic rings. The van der Waals surface area contributed by atoms with Gasteiger partial charge in [-0.15, -0.1) is 0 Å². The first kappa shape index (κ1) is 16.8. The van der Waals surface area contributed by atoms with Gasteiger partial charge in [0, 0.05) is 26.7 Å². The molecule has 1 N–H and O–H groups in total. The molecule has 0 spiro atoms. The summed E-state index contributed by atoms with van der Waals surface area (Å²) >= 11 is 5.36. The lowest BCUT2D eigenvalue weighted by Crippen LogP contribution is -2.47. The molecule has 3 rings (SSSR count). The predicted octanol–water partition coefficient (Wildman–Crippen LogP) is 0.580. The minimum Gasteiger partial charge on any atom is -0.454 e. The maximum atomic E-state index is 12.2. The minimum atomic E-state index is 0.0630. The predicted molar refractivity (Wildman–Crippen MR) is 92.0 cm³/mol. The van der Waals surface area contributed by atoms with Gasteiger partial charge in [0.2, 0.25) is 12.7 Å². The Hall–Kier alpha value is -2.06. The first-order valence-electron chi connectivity index (χ1n) is 7.86. The number of likely N-dealkylation sites (N-methyl/N-ethyl adjacent to an activating group) is 1. The highest BCUT2D eigenvalue weighted by molar-refractivity contribution is 7.80. The second kappa shape index (κ2) is 7.67. The van der Waals surface area contributed by atoms with E-state index in [1.165, 1.54) is 0 Å². The summed E-state index contributed by atoms with van der Waals surface area (Å²) in [7, 11) is 1.81. The summed E-state index contributed by atoms with van der Waals surface area (Å²) in [6.45, 7) is 3.56. The largest absolute Gasteiger partial charge is 0.454 e. The highest BCUT2D eigenvalue weighted by atomic mass is 32.1. The quantitative estimate of drug-likeness (QED) is 0.796. The topological polar surface area (TPSA) is 63.3 Å². The molecule has 1 saturated heterocycles. The van der Waals surface area contributed by atoms with Crippen LogP contribution < -0.4 is 14.8 Å². The van der Waals surface area contributed by atoms with Crippen LogP contribution in [-0.4, -0.2) is 67.5 Å². The molecule has 24 heavy (non-hydrogen) atoms. The van der Waals surface area contributed by atoms with Gasteiger partial charge >= 0.3 is 0 Å². The van der Waals surface area contributed by atoms with Crippen LogP contribution in [0.1, 0.15) is 5.56 Å². The molecule has 0 saturated carbocycles. The number of carbonyl (C=O) groups is 1. The SMILES string of the molecule is CN(CC(=O)N1CCOCC1)C(=S)NCc1ccc2c(c1)OCO2. The fraction of sp³-hybridized carbons (Fsp3) is 0.500. The maximum absolute atomic E-state index is 12.2. The summed E-state index contributed by atoms with van der Waals surface area (Å²) in [5.74, 6) is 1.57. The van der Waals surface area contributed by atoms with E-state index >= 15 is 0 Å². The molecule has 1 aromatic carbocycles. The average molecular weight is 351 g/mol. The van der Waals surface area contributed by atoms with Crippen molar-refractivity contribution in [1.82, 2.24) is 15.1 Å². The summed E-state index contributed by atoms with van der Waals surface area (Å²) < 4.78 is 15.9. The van der Waals surface area contributed by atoms with Crippen LogP contribution in [0, 0.1) is 0 Å². The zero-order valence-electron chi connectivity index (χ0n) is 13.6.